The number of pyridine rings is 2. The van der Waals surface area contributed by atoms with Crippen molar-refractivity contribution < 1.29 is 13.2 Å². The summed E-state index contributed by atoms with van der Waals surface area (Å²) in [5, 5.41) is 13.1. The van der Waals surface area contributed by atoms with Crippen LogP contribution in [0.3, 0.4) is 0 Å². The van der Waals surface area contributed by atoms with E-state index in [0.29, 0.717) is 48.1 Å². The molecule has 2 fully saturated rings. The number of hydrogen-bond acceptors (Lipinski definition) is 8. The van der Waals surface area contributed by atoms with Gasteiger partial charge in [-0.3, -0.25) is 4.79 Å². The Labute approximate surface area is 198 Å². The lowest BCUT2D eigenvalue weighted by molar-refractivity contribution is -0.130. The molecule has 1 atom stereocenters. The molecule has 9 nitrogen and oxygen atoms in total. The van der Waals surface area contributed by atoms with Crippen LogP contribution in [-0.2, 0) is 14.6 Å². The number of amides is 1. The molecular formula is C22H25ClN6O3S. The Bertz CT molecular complexity index is 1220. The van der Waals surface area contributed by atoms with Crippen molar-refractivity contribution in [2.75, 3.05) is 36.1 Å². The van der Waals surface area contributed by atoms with Crippen molar-refractivity contribution in [3.05, 3.63) is 40.7 Å². The third-order valence-electron chi connectivity index (χ3n) is 6.19. The summed E-state index contributed by atoms with van der Waals surface area (Å²) >= 11 is 5.96. The molecule has 4 rings (SSSR count). The molecule has 2 aromatic heterocycles. The van der Waals surface area contributed by atoms with Crippen LogP contribution in [-0.4, -0.2) is 67.2 Å². The fourth-order valence-electron chi connectivity index (χ4n) is 4.43. The Morgan fingerprint density at radius 2 is 1.88 bits per heavy atom. The van der Waals surface area contributed by atoms with E-state index in [0.717, 1.165) is 24.7 Å². The van der Waals surface area contributed by atoms with Crippen molar-refractivity contribution in [1.82, 2.24) is 14.9 Å². The summed E-state index contributed by atoms with van der Waals surface area (Å²) in [5.74, 6) is 0.676. The number of aryl methyl sites for hydroxylation is 1. The van der Waals surface area contributed by atoms with E-state index in [9.17, 15) is 18.5 Å². The number of nitrogens with one attached hydrogen (secondary N) is 1. The van der Waals surface area contributed by atoms with Gasteiger partial charge in [0.05, 0.1) is 22.5 Å². The number of sulfone groups is 1. The molecule has 2 aliphatic heterocycles. The normalized spacial score (nSPS) is 19.6. The number of halogens is 1. The fourth-order valence-corrected chi connectivity index (χ4v) is 5.22. The molecule has 0 radical (unpaired) electrons. The molecule has 0 aromatic carbocycles. The molecule has 4 heterocycles. The average molecular weight is 489 g/mol. The first-order valence-electron chi connectivity index (χ1n) is 10.7. The van der Waals surface area contributed by atoms with Gasteiger partial charge in [0.25, 0.3) is 0 Å². The van der Waals surface area contributed by atoms with E-state index in [1.165, 1.54) is 12.3 Å². The summed E-state index contributed by atoms with van der Waals surface area (Å²) < 4.78 is 23.4. The number of rotatable bonds is 5. The molecule has 0 saturated carbocycles. The summed E-state index contributed by atoms with van der Waals surface area (Å²) in [4.78, 5) is 25.5. The third kappa shape index (κ3) is 4.89. The van der Waals surface area contributed by atoms with E-state index >= 15 is 0 Å². The van der Waals surface area contributed by atoms with Crippen molar-refractivity contribution in [2.45, 2.75) is 43.3 Å². The van der Waals surface area contributed by atoms with Gasteiger partial charge in [0.2, 0.25) is 5.91 Å². The predicted molar refractivity (Wildman–Crippen MR) is 125 cm³/mol. The zero-order chi connectivity index (χ0) is 23.8. The number of carbonyl (C=O) groups excluding carboxylic acids is 1. The number of carbonyl (C=O) groups is 1. The molecule has 0 bridgehead atoms. The molecule has 0 spiro atoms. The second-order valence-corrected chi connectivity index (χ2v) is 10.9. The lowest BCUT2D eigenvalue weighted by Gasteiger charge is -2.37. The summed E-state index contributed by atoms with van der Waals surface area (Å²) in [5.41, 5.74) is 1.84. The summed E-state index contributed by atoms with van der Waals surface area (Å²) in [6.07, 6.45) is 6.39. The van der Waals surface area contributed by atoms with Crippen molar-refractivity contribution in [3.63, 3.8) is 0 Å². The van der Waals surface area contributed by atoms with Crippen LogP contribution in [0.1, 0.15) is 30.4 Å². The Morgan fingerprint density at radius 1 is 1.15 bits per heavy atom. The van der Waals surface area contributed by atoms with Crippen LogP contribution in [0, 0.1) is 18.3 Å². The molecule has 2 aliphatic rings. The minimum Gasteiger partial charge on any atom is -0.372 e. The Hall–Kier alpha value is -2.90. The van der Waals surface area contributed by atoms with Crippen molar-refractivity contribution >= 4 is 38.9 Å². The Morgan fingerprint density at radius 3 is 2.52 bits per heavy atom. The van der Waals surface area contributed by atoms with Crippen molar-refractivity contribution in [1.29, 1.82) is 5.26 Å². The highest BCUT2D eigenvalue weighted by atomic mass is 35.5. The van der Waals surface area contributed by atoms with Gasteiger partial charge in [-0.15, -0.1) is 0 Å². The van der Waals surface area contributed by atoms with E-state index < -0.39 is 9.84 Å². The van der Waals surface area contributed by atoms with Gasteiger partial charge in [0.15, 0.2) is 14.9 Å². The smallest absolute Gasteiger partial charge is 0.245 e. The number of nitrogens with zero attached hydrogens (tertiary/aromatic N) is 5. The Balaban J connectivity index is 1.38. The minimum atomic E-state index is -3.38. The van der Waals surface area contributed by atoms with Crippen LogP contribution in [0.2, 0.25) is 5.02 Å². The zero-order valence-corrected chi connectivity index (χ0v) is 20.0. The van der Waals surface area contributed by atoms with E-state index in [1.54, 1.807) is 19.2 Å². The van der Waals surface area contributed by atoms with E-state index in [2.05, 4.69) is 26.3 Å². The van der Waals surface area contributed by atoms with Crippen molar-refractivity contribution in [2.24, 2.45) is 0 Å². The van der Waals surface area contributed by atoms with Crippen LogP contribution >= 0.6 is 11.6 Å². The SMILES string of the molecule is Cc1cc(S(C)(=O)=O)ncc1N[C@H]1CCN(C2CCN(c3ncc(Cl)cc3C#N)CC2)C1=O. The van der Waals surface area contributed by atoms with Gasteiger partial charge in [-0.25, -0.2) is 18.4 Å². The maximum absolute atomic E-state index is 13.1. The van der Waals surface area contributed by atoms with E-state index in [4.69, 9.17) is 11.6 Å². The minimum absolute atomic E-state index is 0.0198. The van der Waals surface area contributed by atoms with Crippen LogP contribution < -0.4 is 10.2 Å². The molecule has 2 saturated heterocycles. The van der Waals surface area contributed by atoms with Gasteiger partial charge in [0, 0.05) is 38.1 Å². The second kappa shape index (κ2) is 9.15. The summed E-state index contributed by atoms with van der Waals surface area (Å²) in [6, 6.07) is 5.06. The number of hydrogen-bond donors (Lipinski definition) is 1. The summed E-state index contributed by atoms with van der Waals surface area (Å²) in [6.45, 7) is 3.86. The number of piperidine rings is 1. The predicted octanol–water partition coefficient (Wildman–Crippen LogP) is 2.40. The van der Waals surface area contributed by atoms with Gasteiger partial charge in [0.1, 0.15) is 17.9 Å². The number of nitriles is 1. The van der Waals surface area contributed by atoms with Crippen LogP contribution in [0.4, 0.5) is 11.5 Å². The van der Waals surface area contributed by atoms with E-state index in [-0.39, 0.29) is 23.0 Å². The molecule has 1 N–H and O–H groups in total. The number of aromatic nitrogens is 2. The molecule has 1 amide bonds. The summed E-state index contributed by atoms with van der Waals surface area (Å²) in [7, 11) is -3.38. The van der Waals surface area contributed by atoms with Crippen LogP contribution in [0.5, 0.6) is 0 Å². The fraction of sp³-hybridized carbons (Fsp3) is 0.455. The lowest BCUT2D eigenvalue weighted by atomic mass is 10.0. The molecule has 2 aromatic rings. The number of anilines is 2. The van der Waals surface area contributed by atoms with Gasteiger partial charge in [-0.1, -0.05) is 11.6 Å². The highest BCUT2D eigenvalue weighted by Gasteiger charge is 2.37. The first-order valence-corrected chi connectivity index (χ1v) is 13.0. The van der Waals surface area contributed by atoms with Gasteiger partial charge in [-0.05, 0) is 43.9 Å². The van der Waals surface area contributed by atoms with Crippen molar-refractivity contribution in [3.8, 4) is 6.07 Å². The largest absolute Gasteiger partial charge is 0.372 e. The van der Waals surface area contributed by atoms with Gasteiger partial charge < -0.3 is 15.1 Å². The maximum atomic E-state index is 13.1. The third-order valence-corrected chi connectivity index (χ3v) is 7.38. The van der Waals surface area contributed by atoms with Gasteiger partial charge >= 0.3 is 0 Å². The first-order chi connectivity index (χ1) is 15.7. The average Bonchev–Trinajstić information content (AvgIpc) is 3.14. The quantitative estimate of drug-likeness (QED) is 0.681. The van der Waals surface area contributed by atoms with Crippen LogP contribution in [0.25, 0.3) is 0 Å². The molecule has 33 heavy (non-hydrogen) atoms. The van der Waals surface area contributed by atoms with Crippen LogP contribution in [0.15, 0.2) is 29.6 Å². The zero-order valence-electron chi connectivity index (χ0n) is 18.5. The molecule has 0 aliphatic carbocycles. The molecule has 0 unspecified atom stereocenters. The van der Waals surface area contributed by atoms with Gasteiger partial charge in [-0.2, -0.15) is 5.26 Å². The molecule has 174 valence electrons. The highest BCUT2D eigenvalue weighted by molar-refractivity contribution is 7.90. The number of likely N-dealkylation sites (tertiary alicyclic amines) is 1. The molecule has 11 heteroatoms. The standard InChI is InChI=1S/C22H25ClN6O3S/c1-14-9-20(33(2,31)32)25-13-19(14)27-18-5-8-29(22(18)30)17-3-6-28(7-4-17)21-15(11-24)10-16(23)12-26-21/h9-10,12-13,17-18,27H,3-8H2,1-2H3/t18-/m0/s1. The monoisotopic (exact) mass is 488 g/mol. The van der Waals surface area contributed by atoms with E-state index in [1.807, 2.05) is 4.90 Å². The Kier molecular flexibility index (Phi) is 6.45. The second-order valence-electron chi connectivity index (χ2n) is 8.48. The highest BCUT2D eigenvalue weighted by Crippen LogP contribution is 2.29. The lowest BCUT2D eigenvalue weighted by Crippen LogP contribution is -2.47. The maximum Gasteiger partial charge on any atom is 0.245 e. The topological polar surface area (TPSA) is 119 Å². The molecular weight excluding hydrogens is 464 g/mol. The first kappa shape index (κ1) is 23.3.